The van der Waals surface area contributed by atoms with Gasteiger partial charge in [0.05, 0.1) is 33.3 Å². The zero-order chi connectivity index (χ0) is 33.7. The first-order valence-electron chi connectivity index (χ1n) is 15.6. The highest BCUT2D eigenvalue weighted by molar-refractivity contribution is 5.95. The van der Waals surface area contributed by atoms with Crippen molar-refractivity contribution < 1.29 is 38.1 Å². The molecule has 0 radical (unpaired) electrons. The van der Waals surface area contributed by atoms with Gasteiger partial charge in [0.1, 0.15) is 35.3 Å². The van der Waals surface area contributed by atoms with Crippen LogP contribution in [0.5, 0.6) is 34.5 Å². The standard InChI is InChI=1S/C35H37N5O8/c1-39-22-36-21-28(39)33(42)40-15-12-35(13-16-40)34(43)38-20-24-4-6-27(19-30(24)45-3)47-31-18-23(5-11-29(31)44-2)32(41)37-14-17-46-25-7-9-26(48-35)10-8-25/h4-11,18-19,21-22H,12-17,20H2,1-3H3,(H,37,41)(H,38,43). The molecule has 3 amide bonds. The molecule has 0 atom stereocenters. The fourth-order valence-corrected chi connectivity index (χ4v) is 5.73. The summed E-state index contributed by atoms with van der Waals surface area (Å²) in [5, 5.41) is 5.90. The molecule has 250 valence electrons. The molecule has 2 N–H and O–H groups in total. The lowest BCUT2D eigenvalue weighted by molar-refractivity contribution is -0.141. The summed E-state index contributed by atoms with van der Waals surface area (Å²) < 4.78 is 31.2. The Bertz CT molecular complexity index is 1800. The van der Waals surface area contributed by atoms with Gasteiger partial charge in [-0.1, -0.05) is 0 Å². The van der Waals surface area contributed by atoms with Crippen molar-refractivity contribution in [2.24, 2.45) is 7.05 Å². The number of carbonyl (C=O) groups excluding carboxylic acids is 3. The van der Waals surface area contributed by atoms with E-state index in [1.165, 1.54) is 20.4 Å². The van der Waals surface area contributed by atoms with E-state index in [0.29, 0.717) is 64.4 Å². The van der Waals surface area contributed by atoms with E-state index in [2.05, 4.69) is 15.6 Å². The molecule has 0 unspecified atom stereocenters. The number of hydrogen-bond donors (Lipinski definition) is 2. The molecule has 48 heavy (non-hydrogen) atoms. The number of aryl methyl sites for hydroxylation is 1. The molecule has 3 aromatic carbocycles. The van der Waals surface area contributed by atoms with Gasteiger partial charge in [-0.3, -0.25) is 14.4 Å². The minimum atomic E-state index is -1.25. The van der Waals surface area contributed by atoms with Crippen LogP contribution in [-0.2, 0) is 18.4 Å². The number of imidazole rings is 1. The number of piperidine rings is 1. The Morgan fingerprint density at radius 3 is 2.33 bits per heavy atom. The zero-order valence-electron chi connectivity index (χ0n) is 27.0. The molecule has 1 aromatic heterocycles. The maximum atomic E-state index is 14.0. The second kappa shape index (κ2) is 14.0. The Hall–Kier alpha value is -5.72. The van der Waals surface area contributed by atoms with Crippen molar-refractivity contribution in [3.8, 4) is 34.5 Å². The van der Waals surface area contributed by atoms with E-state index in [9.17, 15) is 14.4 Å². The van der Waals surface area contributed by atoms with E-state index < -0.39 is 5.60 Å². The smallest absolute Gasteiger partial charge is 0.272 e. The summed E-state index contributed by atoms with van der Waals surface area (Å²) in [5.41, 5.74) is 0.326. The van der Waals surface area contributed by atoms with Crippen LogP contribution in [0.15, 0.2) is 73.2 Å². The Morgan fingerprint density at radius 1 is 0.896 bits per heavy atom. The Labute approximate surface area is 277 Å². The number of hydrogen-bond acceptors (Lipinski definition) is 9. The Kier molecular flexibility index (Phi) is 9.37. The second-order valence-corrected chi connectivity index (χ2v) is 11.5. The van der Waals surface area contributed by atoms with Crippen molar-refractivity contribution in [2.75, 3.05) is 40.5 Å². The number of ether oxygens (including phenoxy) is 5. The number of benzene rings is 3. The average Bonchev–Trinajstić information content (AvgIpc) is 3.55. The average molecular weight is 656 g/mol. The number of likely N-dealkylation sites (tertiary alicyclic amines) is 1. The quantitative estimate of drug-likeness (QED) is 0.338. The number of carbonyl (C=O) groups is 3. The van der Waals surface area contributed by atoms with Gasteiger partial charge in [-0.25, -0.2) is 4.98 Å². The lowest BCUT2D eigenvalue weighted by atomic mass is 9.89. The molecule has 0 saturated carbocycles. The van der Waals surface area contributed by atoms with Crippen molar-refractivity contribution in [1.29, 1.82) is 0 Å². The van der Waals surface area contributed by atoms with Gasteiger partial charge < -0.3 is 43.8 Å². The Morgan fingerprint density at radius 2 is 1.62 bits per heavy atom. The monoisotopic (exact) mass is 655 g/mol. The summed E-state index contributed by atoms with van der Waals surface area (Å²) in [6.45, 7) is 1.26. The SMILES string of the molecule is COc1cc2ccc1CNC(=O)C1(CCN(C(=O)c3cncn3C)CC1)Oc1ccc(cc1)OCCNC(=O)c1ccc(OC)c(c1)O2. The van der Waals surface area contributed by atoms with E-state index >= 15 is 0 Å². The van der Waals surface area contributed by atoms with Crippen LogP contribution >= 0.6 is 0 Å². The molecule has 6 bridgehead atoms. The van der Waals surface area contributed by atoms with Crippen LogP contribution in [0.2, 0.25) is 0 Å². The lowest BCUT2D eigenvalue weighted by Crippen LogP contribution is -2.58. The molecular weight excluding hydrogens is 618 g/mol. The lowest BCUT2D eigenvalue weighted by Gasteiger charge is -2.40. The first-order chi connectivity index (χ1) is 23.3. The number of nitrogens with zero attached hydrogens (tertiary/aromatic N) is 3. The first-order valence-corrected chi connectivity index (χ1v) is 15.6. The predicted octanol–water partition coefficient (Wildman–Crippen LogP) is 3.72. The van der Waals surface area contributed by atoms with Crippen LogP contribution in [0.25, 0.3) is 0 Å². The van der Waals surface area contributed by atoms with Gasteiger partial charge in [0, 0.05) is 56.7 Å². The molecule has 4 aromatic rings. The minimum Gasteiger partial charge on any atom is -0.496 e. The highest BCUT2D eigenvalue weighted by atomic mass is 16.5. The summed E-state index contributed by atoms with van der Waals surface area (Å²) in [6, 6.07) is 17.1. The summed E-state index contributed by atoms with van der Waals surface area (Å²) in [5.74, 6) is 2.03. The van der Waals surface area contributed by atoms with Crippen molar-refractivity contribution in [2.45, 2.75) is 25.0 Å². The Balaban J connectivity index is 1.28. The molecule has 0 aliphatic carbocycles. The maximum Gasteiger partial charge on any atom is 0.272 e. The largest absolute Gasteiger partial charge is 0.496 e. The third-order valence-electron chi connectivity index (χ3n) is 8.45. The maximum absolute atomic E-state index is 14.0. The summed E-state index contributed by atoms with van der Waals surface area (Å²) >= 11 is 0. The van der Waals surface area contributed by atoms with Gasteiger partial charge in [-0.15, -0.1) is 0 Å². The normalized spacial score (nSPS) is 16.4. The molecule has 1 saturated heterocycles. The van der Waals surface area contributed by atoms with Crippen LogP contribution in [0.1, 0.15) is 39.3 Å². The summed E-state index contributed by atoms with van der Waals surface area (Å²) in [7, 11) is 4.82. The van der Waals surface area contributed by atoms with Crippen LogP contribution in [-0.4, -0.2) is 78.2 Å². The van der Waals surface area contributed by atoms with Crippen LogP contribution in [0.4, 0.5) is 0 Å². The van der Waals surface area contributed by atoms with E-state index in [1.807, 2.05) is 0 Å². The number of nitrogens with one attached hydrogen (secondary N) is 2. The third kappa shape index (κ3) is 6.85. The molecule has 1 fully saturated rings. The molecule has 1 spiro atoms. The van der Waals surface area contributed by atoms with E-state index in [4.69, 9.17) is 23.7 Å². The van der Waals surface area contributed by atoms with Gasteiger partial charge in [-0.05, 0) is 54.6 Å². The third-order valence-corrected chi connectivity index (χ3v) is 8.45. The van der Waals surface area contributed by atoms with Crippen molar-refractivity contribution in [1.82, 2.24) is 25.1 Å². The summed E-state index contributed by atoms with van der Waals surface area (Å²) in [6.07, 6.45) is 3.66. The second-order valence-electron chi connectivity index (χ2n) is 11.5. The van der Waals surface area contributed by atoms with E-state index in [1.54, 1.807) is 83.5 Å². The molecule has 13 nitrogen and oxygen atoms in total. The van der Waals surface area contributed by atoms with Gasteiger partial charge >= 0.3 is 0 Å². The molecule has 5 aliphatic heterocycles. The van der Waals surface area contributed by atoms with Crippen molar-refractivity contribution in [3.05, 3.63) is 90.0 Å². The topological polar surface area (TPSA) is 142 Å². The highest BCUT2D eigenvalue weighted by Gasteiger charge is 2.45. The van der Waals surface area contributed by atoms with E-state index in [-0.39, 0.29) is 50.3 Å². The highest BCUT2D eigenvalue weighted by Crippen LogP contribution is 2.36. The van der Waals surface area contributed by atoms with Crippen LogP contribution in [0, 0.1) is 0 Å². The van der Waals surface area contributed by atoms with Gasteiger partial charge in [-0.2, -0.15) is 0 Å². The van der Waals surface area contributed by atoms with Gasteiger partial charge in [0.15, 0.2) is 17.1 Å². The molecule has 5 aliphatic rings. The van der Waals surface area contributed by atoms with Gasteiger partial charge in [0.25, 0.3) is 17.7 Å². The predicted molar refractivity (Wildman–Crippen MR) is 174 cm³/mol. The van der Waals surface area contributed by atoms with Crippen molar-refractivity contribution in [3.63, 3.8) is 0 Å². The zero-order valence-corrected chi connectivity index (χ0v) is 27.0. The van der Waals surface area contributed by atoms with Crippen LogP contribution in [0.3, 0.4) is 0 Å². The number of rotatable bonds is 3. The summed E-state index contributed by atoms with van der Waals surface area (Å²) in [4.78, 5) is 45.9. The first kappa shape index (κ1) is 32.2. The molecule has 6 heterocycles. The molecule has 9 rings (SSSR count). The number of amides is 3. The number of methoxy groups -OCH3 is 2. The van der Waals surface area contributed by atoms with E-state index in [0.717, 1.165) is 0 Å². The fourth-order valence-electron chi connectivity index (χ4n) is 5.73. The van der Waals surface area contributed by atoms with Crippen LogP contribution < -0.4 is 34.3 Å². The van der Waals surface area contributed by atoms with Crippen molar-refractivity contribution >= 4 is 17.7 Å². The molecule has 13 heteroatoms. The van der Waals surface area contributed by atoms with Gasteiger partial charge in [0.2, 0.25) is 0 Å². The minimum absolute atomic E-state index is 0.150. The fraction of sp³-hybridized carbons (Fsp3) is 0.314. The molecular formula is C35H37N5O8. The number of aromatic nitrogens is 2.